The molecule has 0 fully saturated rings. The molecule has 0 aromatic carbocycles. The second-order valence-electron chi connectivity index (χ2n) is 3.45. The predicted molar refractivity (Wildman–Crippen MR) is 57.5 cm³/mol. The molecule has 1 aromatic heterocycles. The van der Waals surface area contributed by atoms with Gasteiger partial charge < -0.3 is 0 Å². The van der Waals surface area contributed by atoms with Crippen LogP contribution >= 0.6 is 0 Å². The average molecular weight is 244 g/mol. The molecule has 0 radical (unpaired) electrons. The van der Waals surface area contributed by atoms with E-state index < -0.39 is 17.1 Å². The lowest BCUT2D eigenvalue weighted by Gasteiger charge is -2.04. The van der Waals surface area contributed by atoms with Crippen LogP contribution in [0.3, 0.4) is 0 Å². The molecular weight excluding hydrogens is 231 g/mol. The predicted octanol–water partition coefficient (Wildman–Crippen LogP) is -1.16. The maximum atomic E-state index is 12.9. The molecule has 1 amide bonds. The van der Waals surface area contributed by atoms with Crippen molar-refractivity contribution in [1.29, 1.82) is 0 Å². The van der Waals surface area contributed by atoms with E-state index >= 15 is 0 Å². The molecule has 1 aromatic rings. The summed E-state index contributed by atoms with van der Waals surface area (Å²) in [6, 6.07) is 0. The first-order valence-electron chi connectivity index (χ1n) is 5.03. The molecule has 0 aliphatic heterocycles. The van der Waals surface area contributed by atoms with E-state index in [1.54, 1.807) is 0 Å². The zero-order valence-electron chi connectivity index (χ0n) is 9.03. The van der Waals surface area contributed by atoms with Crippen molar-refractivity contribution in [2.45, 2.75) is 25.8 Å². The van der Waals surface area contributed by atoms with Gasteiger partial charge in [0.05, 0.1) is 6.20 Å². The molecular formula is C9H13FN4O3. The van der Waals surface area contributed by atoms with Crippen molar-refractivity contribution in [3.8, 4) is 0 Å². The fraction of sp³-hybridized carbons (Fsp3) is 0.444. The zero-order valence-corrected chi connectivity index (χ0v) is 9.03. The van der Waals surface area contributed by atoms with Crippen LogP contribution in [0.5, 0.6) is 0 Å². The summed E-state index contributed by atoms with van der Waals surface area (Å²) in [6.45, 7) is 0.227. The number of rotatable bonds is 5. The summed E-state index contributed by atoms with van der Waals surface area (Å²) in [5.74, 6) is 3.57. The van der Waals surface area contributed by atoms with Crippen LogP contribution < -0.4 is 22.5 Å². The number of aromatic amines is 1. The number of aryl methyl sites for hydroxylation is 1. The molecule has 4 N–H and O–H groups in total. The van der Waals surface area contributed by atoms with Gasteiger partial charge in [-0.25, -0.2) is 10.6 Å². The van der Waals surface area contributed by atoms with Crippen molar-refractivity contribution in [1.82, 2.24) is 15.0 Å². The van der Waals surface area contributed by atoms with Crippen LogP contribution in [0, 0.1) is 5.82 Å². The van der Waals surface area contributed by atoms with Crippen molar-refractivity contribution in [2.24, 2.45) is 5.84 Å². The van der Waals surface area contributed by atoms with Crippen LogP contribution in [0.25, 0.3) is 0 Å². The topological polar surface area (TPSA) is 110 Å². The van der Waals surface area contributed by atoms with Crippen LogP contribution in [-0.4, -0.2) is 15.5 Å². The van der Waals surface area contributed by atoms with E-state index in [9.17, 15) is 18.8 Å². The number of nitrogens with zero attached hydrogens (tertiary/aromatic N) is 1. The molecule has 94 valence electrons. The Hall–Kier alpha value is -1.96. The highest BCUT2D eigenvalue weighted by molar-refractivity contribution is 5.74. The average Bonchev–Trinajstić information content (AvgIpc) is 2.30. The number of hydrazine groups is 1. The summed E-state index contributed by atoms with van der Waals surface area (Å²) in [5, 5.41) is 0. The molecule has 17 heavy (non-hydrogen) atoms. The number of nitrogens with two attached hydrogens (primary N) is 1. The van der Waals surface area contributed by atoms with Gasteiger partial charge in [-0.2, -0.15) is 4.39 Å². The first-order chi connectivity index (χ1) is 8.04. The van der Waals surface area contributed by atoms with Gasteiger partial charge in [-0.3, -0.25) is 24.6 Å². The van der Waals surface area contributed by atoms with Gasteiger partial charge in [0.1, 0.15) is 0 Å². The maximum Gasteiger partial charge on any atom is 0.328 e. The first kappa shape index (κ1) is 13.1. The van der Waals surface area contributed by atoms with Crippen LogP contribution in [0.15, 0.2) is 15.8 Å². The maximum absolute atomic E-state index is 12.9. The monoisotopic (exact) mass is 244 g/mol. The van der Waals surface area contributed by atoms with Gasteiger partial charge in [-0.15, -0.1) is 0 Å². The zero-order chi connectivity index (χ0) is 12.8. The Morgan fingerprint density at radius 3 is 2.82 bits per heavy atom. The first-order valence-corrected chi connectivity index (χ1v) is 5.03. The Balaban J connectivity index is 2.53. The number of unbranched alkanes of at least 4 members (excludes halogenated alkanes) is 1. The minimum atomic E-state index is -1.03. The molecule has 0 atom stereocenters. The number of aromatic nitrogens is 2. The van der Waals surface area contributed by atoms with Gasteiger partial charge in [-0.1, -0.05) is 0 Å². The van der Waals surface area contributed by atoms with E-state index in [0.29, 0.717) is 12.8 Å². The number of carbonyl (C=O) groups is 1. The molecule has 0 bridgehead atoms. The molecule has 1 heterocycles. The van der Waals surface area contributed by atoms with Crippen LogP contribution in [0.2, 0.25) is 0 Å². The van der Waals surface area contributed by atoms with Crippen molar-refractivity contribution in [3.63, 3.8) is 0 Å². The second kappa shape index (κ2) is 5.94. The third kappa shape index (κ3) is 3.83. The van der Waals surface area contributed by atoms with Gasteiger partial charge in [-0.05, 0) is 12.8 Å². The Kier molecular flexibility index (Phi) is 4.58. The van der Waals surface area contributed by atoms with Gasteiger partial charge in [0.2, 0.25) is 11.7 Å². The van der Waals surface area contributed by atoms with Crippen molar-refractivity contribution < 1.29 is 9.18 Å². The lowest BCUT2D eigenvalue weighted by atomic mass is 10.2. The summed E-state index contributed by atoms with van der Waals surface area (Å²) in [5.41, 5.74) is 0.276. The number of carbonyl (C=O) groups excluding carboxylic acids is 1. The Bertz CT molecular complexity index is 508. The van der Waals surface area contributed by atoms with Crippen molar-refractivity contribution in [3.05, 3.63) is 32.9 Å². The third-order valence-electron chi connectivity index (χ3n) is 2.18. The fourth-order valence-electron chi connectivity index (χ4n) is 1.29. The highest BCUT2D eigenvalue weighted by Crippen LogP contribution is 1.97. The van der Waals surface area contributed by atoms with E-state index in [0.717, 1.165) is 10.8 Å². The van der Waals surface area contributed by atoms with Gasteiger partial charge >= 0.3 is 5.69 Å². The van der Waals surface area contributed by atoms with Crippen LogP contribution in [-0.2, 0) is 11.3 Å². The van der Waals surface area contributed by atoms with E-state index in [1.807, 2.05) is 10.4 Å². The molecule has 0 unspecified atom stereocenters. The minimum Gasteiger partial charge on any atom is -0.298 e. The molecule has 0 spiro atoms. The molecule has 0 aliphatic rings. The smallest absolute Gasteiger partial charge is 0.298 e. The van der Waals surface area contributed by atoms with E-state index in [-0.39, 0.29) is 18.9 Å². The number of hydrogen-bond acceptors (Lipinski definition) is 4. The van der Waals surface area contributed by atoms with Crippen molar-refractivity contribution >= 4 is 5.91 Å². The lowest BCUT2D eigenvalue weighted by Crippen LogP contribution is -2.31. The molecule has 8 heteroatoms. The summed E-state index contributed by atoms with van der Waals surface area (Å²) in [6.07, 6.45) is 2.09. The van der Waals surface area contributed by atoms with Gasteiger partial charge in [0.25, 0.3) is 5.56 Å². The Morgan fingerprint density at radius 1 is 1.47 bits per heavy atom. The van der Waals surface area contributed by atoms with Gasteiger partial charge in [0, 0.05) is 13.0 Å². The van der Waals surface area contributed by atoms with E-state index in [2.05, 4.69) is 0 Å². The summed E-state index contributed by atoms with van der Waals surface area (Å²) < 4.78 is 13.9. The molecule has 7 nitrogen and oxygen atoms in total. The second-order valence-corrected chi connectivity index (χ2v) is 3.45. The van der Waals surface area contributed by atoms with Crippen molar-refractivity contribution in [2.75, 3.05) is 0 Å². The summed E-state index contributed by atoms with van der Waals surface area (Å²) >= 11 is 0. The summed E-state index contributed by atoms with van der Waals surface area (Å²) in [7, 11) is 0. The highest BCUT2D eigenvalue weighted by Gasteiger charge is 2.04. The molecule has 0 aliphatic carbocycles. The molecule has 0 saturated heterocycles. The van der Waals surface area contributed by atoms with Crippen LogP contribution in [0.4, 0.5) is 4.39 Å². The van der Waals surface area contributed by atoms with Gasteiger partial charge in [0.15, 0.2) is 0 Å². The fourth-order valence-corrected chi connectivity index (χ4v) is 1.29. The number of H-pyrrole nitrogens is 1. The van der Waals surface area contributed by atoms with E-state index in [4.69, 9.17) is 5.84 Å². The quantitative estimate of drug-likeness (QED) is 0.262. The summed E-state index contributed by atoms with van der Waals surface area (Å²) in [4.78, 5) is 34.6. The highest BCUT2D eigenvalue weighted by atomic mass is 19.1. The number of nitrogens with one attached hydrogen (secondary N) is 2. The lowest BCUT2D eigenvalue weighted by molar-refractivity contribution is -0.121. The molecule has 0 saturated carbocycles. The number of amides is 1. The number of halogens is 1. The normalized spacial score (nSPS) is 10.2. The third-order valence-corrected chi connectivity index (χ3v) is 2.18. The van der Waals surface area contributed by atoms with Crippen LogP contribution in [0.1, 0.15) is 19.3 Å². The number of hydrogen-bond donors (Lipinski definition) is 3. The Morgan fingerprint density at radius 2 is 2.18 bits per heavy atom. The largest absolute Gasteiger partial charge is 0.328 e. The molecule has 1 rings (SSSR count). The van der Waals surface area contributed by atoms with E-state index in [1.165, 1.54) is 0 Å². The standard InChI is InChI=1S/C9H13FN4O3/c10-6-5-14(9(17)12-8(6)16)4-2-1-3-7(15)13-11/h5H,1-4,11H2,(H,13,15)(H,12,16,17). The minimum absolute atomic E-state index is 0.227. The SMILES string of the molecule is NNC(=O)CCCCn1cc(F)c(=O)[nH]c1=O. The Labute approximate surface area is 95.4 Å².